The van der Waals surface area contributed by atoms with E-state index in [1.165, 1.54) is 25.3 Å². The zero-order valence-corrected chi connectivity index (χ0v) is 12.3. The summed E-state index contributed by atoms with van der Waals surface area (Å²) in [5.41, 5.74) is 1.34. The lowest BCUT2D eigenvalue weighted by atomic mass is 9.85. The molecule has 112 valence electrons. The van der Waals surface area contributed by atoms with E-state index < -0.39 is 5.97 Å². The smallest absolute Gasteiger partial charge is 0.328 e. The van der Waals surface area contributed by atoms with Crippen LogP contribution >= 0.6 is 0 Å². The Bertz CT molecular complexity index is 547. The second-order valence-electron chi connectivity index (χ2n) is 5.44. The van der Waals surface area contributed by atoms with Gasteiger partial charge in [0.1, 0.15) is 0 Å². The average Bonchev–Trinajstić information content (AvgIpc) is 2.44. The van der Waals surface area contributed by atoms with Gasteiger partial charge in [0.25, 0.3) is 5.91 Å². The molecule has 0 unspecified atom stereocenters. The lowest BCUT2D eigenvalue weighted by molar-refractivity contribution is -0.131. The summed E-state index contributed by atoms with van der Waals surface area (Å²) in [6.45, 7) is 3.51. The Hall–Kier alpha value is -2.10. The summed E-state index contributed by atoms with van der Waals surface area (Å²) >= 11 is 0. The van der Waals surface area contributed by atoms with E-state index in [9.17, 15) is 9.59 Å². The molecule has 1 saturated carbocycles. The van der Waals surface area contributed by atoms with Gasteiger partial charge in [0.05, 0.1) is 0 Å². The van der Waals surface area contributed by atoms with Crippen LogP contribution in [0.25, 0.3) is 6.08 Å². The van der Waals surface area contributed by atoms with Crippen LogP contribution in [0.1, 0.15) is 42.1 Å². The molecule has 1 fully saturated rings. The Morgan fingerprint density at radius 2 is 2.14 bits per heavy atom. The van der Waals surface area contributed by atoms with E-state index in [1.54, 1.807) is 24.3 Å². The molecule has 4 heteroatoms. The number of benzene rings is 1. The zero-order valence-electron chi connectivity index (χ0n) is 12.3. The van der Waals surface area contributed by atoms with Crippen molar-refractivity contribution in [1.29, 1.82) is 0 Å². The molecule has 1 aromatic carbocycles. The second kappa shape index (κ2) is 7.07. The molecule has 0 radical (unpaired) electrons. The number of rotatable bonds is 6. The van der Waals surface area contributed by atoms with Gasteiger partial charge in [-0.15, -0.1) is 0 Å². The van der Waals surface area contributed by atoms with E-state index in [4.69, 9.17) is 5.11 Å². The highest BCUT2D eigenvalue weighted by molar-refractivity contribution is 5.95. The molecule has 1 aliphatic carbocycles. The number of carbonyl (C=O) groups excluding carboxylic acids is 1. The van der Waals surface area contributed by atoms with Crippen molar-refractivity contribution in [2.45, 2.75) is 26.2 Å². The molecule has 1 aliphatic rings. The van der Waals surface area contributed by atoms with E-state index >= 15 is 0 Å². The Balaban J connectivity index is 2.09. The number of carboxylic acids is 1. The first-order chi connectivity index (χ1) is 10.1. The van der Waals surface area contributed by atoms with Gasteiger partial charge in [0, 0.05) is 24.7 Å². The molecule has 1 N–H and O–H groups in total. The number of aliphatic carboxylic acids is 1. The minimum absolute atomic E-state index is 0.0231. The molecule has 0 spiro atoms. The normalized spacial score (nSPS) is 14.9. The molecular weight excluding hydrogens is 266 g/mol. The quantitative estimate of drug-likeness (QED) is 0.818. The summed E-state index contributed by atoms with van der Waals surface area (Å²) in [6.07, 6.45) is 6.28. The SMILES string of the molecule is CCN(CC1CCC1)C(=O)c1cccc(/C=C/C(=O)O)c1. The van der Waals surface area contributed by atoms with Crippen LogP contribution < -0.4 is 0 Å². The molecule has 1 amide bonds. The molecule has 4 nitrogen and oxygen atoms in total. The fourth-order valence-corrected chi connectivity index (χ4v) is 2.47. The van der Waals surface area contributed by atoms with Crippen molar-refractivity contribution in [3.63, 3.8) is 0 Å². The van der Waals surface area contributed by atoms with Gasteiger partial charge in [-0.2, -0.15) is 0 Å². The van der Waals surface area contributed by atoms with Gasteiger partial charge >= 0.3 is 5.97 Å². The summed E-state index contributed by atoms with van der Waals surface area (Å²) in [7, 11) is 0. The molecular formula is C17H21NO3. The van der Waals surface area contributed by atoms with Crippen LogP contribution in [-0.2, 0) is 4.79 Å². The van der Waals surface area contributed by atoms with Crippen LogP contribution in [0.15, 0.2) is 30.3 Å². The van der Waals surface area contributed by atoms with Gasteiger partial charge in [0.15, 0.2) is 0 Å². The van der Waals surface area contributed by atoms with Crippen LogP contribution in [0.5, 0.6) is 0 Å². The van der Waals surface area contributed by atoms with E-state index in [0.717, 1.165) is 18.2 Å². The second-order valence-corrected chi connectivity index (χ2v) is 5.44. The van der Waals surface area contributed by atoms with Crippen LogP contribution in [0.3, 0.4) is 0 Å². The van der Waals surface area contributed by atoms with Gasteiger partial charge in [-0.1, -0.05) is 18.6 Å². The van der Waals surface area contributed by atoms with E-state index in [1.807, 2.05) is 11.8 Å². The highest BCUT2D eigenvalue weighted by Gasteiger charge is 2.23. The predicted octanol–water partition coefficient (Wildman–Crippen LogP) is 3.05. The lowest BCUT2D eigenvalue weighted by Crippen LogP contribution is -2.37. The first-order valence-corrected chi connectivity index (χ1v) is 7.40. The number of carbonyl (C=O) groups is 2. The predicted molar refractivity (Wildman–Crippen MR) is 82.0 cm³/mol. The summed E-state index contributed by atoms with van der Waals surface area (Å²) < 4.78 is 0. The average molecular weight is 287 g/mol. The summed E-state index contributed by atoms with van der Waals surface area (Å²) in [6, 6.07) is 7.10. The first-order valence-electron chi connectivity index (χ1n) is 7.40. The largest absolute Gasteiger partial charge is 0.478 e. The monoisotopic (exact) mass is 287 g/mol. The molecule has 1 aromatic rings. The standard InChI is InChI=1S/C17H21NO3/c1-2-18(12-14-6-3-7-14)17(21)15-8-4-5-13(11-15)9-10-16(19)20/h4-5,8-11,14H,2-3,6-7,12H2,1H3,(H,19,20)/b10-9+. The lowest BCUT2D eigenvalue weighted by Gasteiger charge is -2.31. The van der Waals surface area contributed by atoms with Gasteiger partial charge in [-0.25, -0.2) is 4.79 Å². The number of amides is 1. The fourth-order valence-electron chi connectivity index (χ4n) is 2.47. The van der Waals surface area contributed by atoms with Crippen LogP contribution in [0, 0.1) is 5.92 Å². The van der Waals surface area contributed by atoms with Gasteiger partial charge in [-0.05, 0) is 49.5 Å². The van der Waals surface area contributed by atoms with Crippen LogP contribution in [0.2, 0.25) is 0 Å². The maximum atomic E-state index is 12.5. The third kappa shape index (κ3) is 4.18. The Morgan fingerprint density at radius 3 is 2.71 bits per heavy atom. The molecule has 0 atom stereocenters. The van der Waals surface area contributed by atoms with Crippen molar-refractivity contribution < 1.29 is 14.7 Å². The van der Waals surface area contributed by atoms with Crippen molar-refractivity contribution in [3.05, 3.63) is 41.5 Å². The maximum Gasteiger partial charge on any atom is 0.328 e. The maximum absolute atomic E-state index is 12.5. The minimum Gasteiger partial charge on any atom is -0.478 e. The zero-order chi connectivity index (χ0) is 15.2. The van der Waals surface area contributed by atoms with E-state index in [-0.39, 0.29) is 5.91 Å². The van der Waals surface area contributed by atoms with E-state index in [2.05, 4.69) is 0 Å². The first kappa shape index (κ1) is 15.3. The molecule has 0 bridgehead atoms. The van der Waals surface area contributed by atoms with E-state index in [0.29, 0.717) is 18.0 Å². The molecule has 0 saturated heterocycles. The van der Waals surface area contributed by atoms with Crippen molar-refractivity contribution in [1.82, 2.24) is 4.90 Å². The highest BCUT2D eigenvalue weighted by Crippen LogP contribution is 2.27. The topological polar surface area (TPSA) is 57.6 Å². The number of carboxylic acid groups (broad SMARTS) is 1. The third-order valence-electron chi connectivity index (χ3n) is 3.92. The van der Waals surface area contributed by atoms with Crippen molar-refractivity contribution in [2.24, 2.45) is 5.92 Å². The number of nitrogens with zero attached hydrogens (tertiary/aromatic N) is 1. The summed E-state index contributed by atoms with van der Waals surface area (Å²) in [5, 5.41) is 8.65. The summed E-state index contributed by atoms with van der Waals surface area (Å²) in [5.74, 6) is -0.328. The highest BCUT2D eigenvalue weighted by atomic mass is 16.4. The Kier molecular flexibility index (Phi) is 5.14. The van der Waals surface area contributed by atoms with Gasteiger partial charge in [0.2, 0.25) is 0 Å². The molecule has 21 heavy (non-hydrogen) atoms. The van der Waals surface area contributed by atoms with Crippen LogP contribution in [0.4, 0.5) is 0 Å². The van der Waals surface area contributed by atoms with Crippen molar-refractivity contribution >= 4 is 18.0 Å². The molecule has 0 aromatic heterocycles. The minimum atomic E-state index is -0.994. The number of hydrogen-bond acceptors (Lipinski definition) is 2. The van der Waals surface area contributed by atoms with Crippen molar-refractivity contribution in [2.75, 3.05) is 13.1 Å². The van der Waals surface area contributed by atoms with Crippen LogP contribution in [-0.4, -0.2) is 35.0 Å². The van der Waals surface area contributed by atoms with Gasteiger partial charge in [-0.3, -0.25) is 4.79 Å². The molecule has 0 aliphatic heterocycles. The molecule has 2 rings (SSSR count). The van der Waals surface area contributed by atoms with Gasteiger partial charge < -0.3 is 10.0 Å². The molecule has 0 heterocycles. The summed E-state index contributed by atoms with van der Waals surface area (Å²) in [4.78, 5) is 25.0. The Morgan fingerprint density at radius 1 is 1.38 bits per heavy atom. The fraction of sp³-hybridized carbons (Fsp3) is 0.412. The van der Waals surface area contributed by atoms with Crippen molar-refractivity contribution in [3.8, 4) is 0 Å². The Labute approximate surface area is 125 Å². The third-order valence-corrected chi connectivity index (χ3v) is 3.92. The number of hydrogen-bond donors (Lipinski definition) is 1.